The number of rotatable bonds is 1. The molecular weight excluding hydrogens is 146 g/mol. The van der Waals surface area contributed by atoms with Crippen molar-refractivity contribution in [2.45, 2.75) is 19.4 Å². The summed E-state index contributed by atoms with van der Waals surface area (Å²) < 4.78 is 4.63. The van der Waals surface area contributed by atoms with Crippen LogP contribution in [0.5, 0.6) is 0 Å². The first-order valence-corrected chi connectivity index (χ1v) is 3.26. The molecule has 1 atom stereocenters. The van der Waals surface area contributed by atoms with Crippen LogP contribution in [0.15, 0.2) is 12.3 Å². The number of esters is 1. The zero-order valence-corrected chi connectivity index (χ0v) is 6.22. The lowest BCUT2D eigenvalue weighted by atomic mass is 10.2. The van der Waals surface area contributed by atoms with Crippen LogP contribution in [-0.4, -0.2) is 17.9 Å². The lowest BCUT2D eigenvalue weighted by Gasteiger charge is -2.03. The molecule has 0 bridgehead atoms. The number of carbonyl (C=O) groups is 2. The third kappa shape index (κ3) is 1.80. The maximum absolute atomic E-state index is 10.8. The molecule has 0 spiro atoms. The van der Waals surface area contributed by atoms with E-state index in [1.165, 1.54) is 6.92 Å². The Hall–Kier alpha value is -1.32. The van der Waals surface area contributed by atoms with Crippen molar-refractivity contribution < 1.29 is 14.3 Å². The van der Waals surface area contributed by atoms with Crippen LogP contribution < -0.4 is 5.32 Å². The Kier molecular flexibility index (Phi) is 1.94. The maximum Gasteiger partial charge on any atom is 0.334 e. The molecule has 1 aliphatic heterocycles. The Bertz CT molecular complexity index is 222. The molecule has 1 fully saturated rings. The molecule has 4 nitrogen and oxygen atoms in total. The van der Waals surface area contributed by atoms with Gasteiger partial charge in [0, 0.05) is 13.3 Å². The van der Waals surface area contributed by atoms with E-state index in [1.54, 1.807) is 0 Å². The average Bonchev–Trinajstić information content (AvgIpc) is 2.09. The molecule has 0 aromatic carbocycles. The fourth-order valence-electron chi connectivity index (χ4n) is 0.921. The summed E-state index contributed by atoms with van der Waals surface area (Å²) in [5.41, 5.74) is 0. The highest BCUT2D eigenvalue weighted by molar-refractivity contribution is 5.85. The first-order chi connectivity index (χ1) is 5.09. The summed E-state index contributed by atoms with van der Waals surface area (Å²) in [6, 6.07) is -0.528. The Morgan fingerprint density at radius 1 is 1.82 bits per heavy atom. The summed E-state index contributed by atoms with van der Waals surface area (Å²) in [7, 11) is 0. The van der Waals surface area contributed by atoms with E-state index in [9.17, 15) is 9.59 Å². The molecule has 1 unspecified atom stereocenters. The summed E-state index contributed by atoms with van der Waals surface area (Å²) in [5.74, 6) is -0.249. The molecule has 1 amide bonds. The second kappa shape index (κ2) is 2.74. The Labute approximate surface area is 64.2 Å². The van der Waals surface area contributed by atoms with Crippen LogP contribution in [-0.2, 0) is 14.3 Å². The SMILES string of the molecule is C=C1CC(NC(C)=O)C(=O)O1. The summed E-state index contributed by atoms with van der Waals surface area (Å²) in [6.07, 6.45) is 0.387. The lowest BCUT2D eigenvalue weighted by Crippen LogP contribution is -2.36. The summed E-state index contributed by atoms with van der Waals surface area (Å²) in [5, 5.41) is 2.45. The summed E-state index contributed by atoms with van der Waals surface area (Å²) in [6.45, 7) is 4.82. The van der Waals surface area contributed by atoms with Crippen molar-refractivity contribution >= 4 is 11.9 Å². The molecule has 1 N–H and O–H groups in total. The fourth-order valence-corrected chi connectivity index (χ4v) is 0.921. The highest BCUT2D eigenvalue weighted by atomic mass is 16.5. The van der Waals surface area contributed by atoms with Gasteiger partial charge in [0.25, 0.3) is 0 Å². The highest BCUT2D eigenvalue weighted by Crippen LogP contribution is 2.15. The molecule has 0 aromatic heterocycles. The predicted octanol–water partition coefficient (Wildman–Crippen LogP) is -0.0483. The van der Waals surface area contributed by atoms with Gasteiger partial charge in [-0.15, -0.1) is 0 Å². The van der Waals surface area contributed by atoms with Gasteiger partial charge in [0.1, 0.15) is 11.8 Å². The number of amides is 1. The molecule has 60 valence electrons. The fraction of sp³-hybridized carbons (Fsp3) is 0.429. The Morgan fingerprint density at radius 2 is 2.45 bits per heavy atom. The van der Waals surface area contributed by atoms with Gasteiger partial charge in [-0.25, -0.2) is 4.79 Å². The van der Waals surface area contributed by atoms with Crippen molar-refractivity contribution in [3.63, 3.8) is 0 Å². The summed E-state index contributed by atoms with van der Waals surface area (Å²) >= 11 is 0. The smallest absolute Gasteiger partial charge is 0.334 e. The molecule has 1 aliphatic rings. The van der Waals surface area contributed by atoms with Crippen LogP contribution in [0.4, 0.5) is 0 Å². The molecule has 0 aliphatic carbocycles. The van der Waals surface area contributed by atoms with Crippen LogP contribution in [0.3, 0.4) is 0 Å². The van der Waals surface area contributed by atoms with E-state index >= 15 is 0 Å². The molecule has 1 rings (SSSR count). The van der Waals surface area contributed by atoms with Crippen molar-refractivity contribution in [3.05, 3.63) is 12.3 Å². The van der Waals surface area contributed by atoms with Crippen LogP contribution >= 0.6 is 0 Å². The molecule has 1 heterocycles. The van der Waals surface area contributed by atoms with Crippen molar-refractivity contribution in [1.82, 2.24) is 5.32 Å². The van der Waals surface area contributed by atoms with Gasteiger partial charge >= 0.3 is 5.97 Å². The molecular formula is C7H9NO3. The van der Waals surface area contributed by atoms with E-state index in [0.717, 1.165) is 0 Å². The van der Waals surface area contributed by atoms with Crippen LogP contribution in [0.1, 0.15) is 13.3 Å². The second-order valence-electron chi connectivity index (χ2n) is 2.42. The van der Waals surface area contributed by atoms with Crippen LogP contribution in [0.25, 0.3) is 0 Å². The van der Waals surface area contributed by atoms with Gasteiger partial charge in [0.15, 0.2) is 0 Å². The van der Waals surface area contributed by atoms with Gasteiger partial charge in [-0.1, -0.05) is 6.58 Å². The number of hydrogen-bond donors (Lipinski definition) is 1. The first kappa shape index (κ1) is 7.78. The number of cyclic esters (lactones) is 1. The van der Waals surface area contributed by atoms with Gasteiger partial charge in [0.05, 0.1) is 0 Å². The van der Waals surface area contributed by atoms with Gasteiger partial charge < -0.3 is 10.1 Å². The van der Waals surface area contributed by atoms with E-state index < -0.39 is 12.0 Å². The molecule has 4 heteroatoms. The topological polar surface area (TPSA) is 55.4 Å². The monoisotopic (exact) mass is 155 g/mol. The molecule has 0 saturated carbocycles. The van der Waals surface area contributed by atoms with Crippen molar-refractivity contribution in [1.29, 1.82) is 0 Å². The number of hydrogen-bond acceptors (Lipinski definition) is 3. The highest BCUT2D eigenvalue weighted by Gasteiger charge is 2.29. The van der Waals surface area contributed by atoms with Crippen molar-refractivity contribution in [2.24, 2.45) is 0 Å². The normalized spacial score (nSPS) is 23.2. The number of nitrogens with one attached hydrogen (secondary N) is 1. The molecule has 0 aromatic rings. The quantitative estimate of drug-likeness (QED) is 0.540. The second-order valence-corrected chi connectivity index (χ2v) is 2.42. The van der Waals surface area contributed by atoms with E-state index in [4.69, 9.17) is 0 Å². The van der Waals surface area contributed by atoms with Crippen molar-refractivity contribution in [2.75, 3.05) is 0 Å². The minimum atomic E-state index is -0.528. The lowest BCUT2D eigenvalue weighted by molar-refractivity contribution is -0.139. The third-order valence-electron chi connectivity index (χ3n) is 1.34. The zero-order chi connectivity index (χ0) is 8.43. The molecule has 0 radical (unpaired) electrons. The third-order valence-corrected chi connectivity index (χ3v) is 1.34. The number of carbonyl (C=O) groups excluding carboxylic acids is 2. The zero-order valence-electron chi connectivity index (χ0n) is 6.22. The van der Waals surface area contributed by atoms with Crippen LogP contribution in [0, 0.1) is 0 Å². The molecule has 1 saturated heterocycles. The van der Waals surface area contributed by atoms with Gasteiger partial charge in [-0.05, 0) is 0 Å². The Morgan fingerprint density at radius 3 is 2.82 bits per heavy atom. The van der Waals surface area contributed by atoms with Gasteiger partial charge in [-0.2, -0.15) is 0 Å². The number of ether oxygens (including phenoxy) is 1. The summed E-state index contributed by atoms with van der Waals surface area (Å²) in [4.78, 5) is 21.3. The van der Waals surface area contributed by atoms with E-state index in [0.29, 0.717) is 12.2 Å². The maximum atomic E-state index is 10.8. The predicted molar refractivity (Wildman–Crippen MR) is 37.5 cm³/mol. The van der Waals surface area contributed by atoms with E-state index in [1.807, 2.05) is 0 Å². The van der Waals surface area contributed by atoms with Crippen LogP contribution in [0.2, 0.25) is 0 Å². The van der Waals surface area contributed by atoms with Gasteiger partial charge in [-0.3, -0.25) is 4.79 Å². The minimum Gasteiger partial charge on any atom is -0.430 e. The largest absolute Gasteiger partial charge is 0.430 e. The Balaban J connectivity index is 2.53. The van der Waals surface area contributed by atoms with Crippen molar-refractivity contribution in [3.8, 4) is 0 Å². The van der Waals surface area contributed by atoms with E-state index in [2.05, 4.69) is 16.6 Å². The molecule has 11 heavy (non-hydrogen) atoms. The van der Waals surface area contributed by atoms with E-state index in [-0.39, 0.29) is 5.91 Å². The standard InChI is InChI=1S/C7H9NO3/c1-4-3-6(7(10)11-4)8-5(2)9/h6H,1,3H2,2H3,(H,8,9). The first-order valence-electron chi connectivity index (χ1n) is 3.26. The minimum absolute atomic E-state index is 0.235. The van der Waals surface area contributed by atoms with Gasteiger partial charge in [0.2, 0.25) is 5.91 Å². The average molecular weight is 155 g/mol.